The van der Waals surface area contributed by atoms with Crippen molar-refractivity contribution >= 4 is 25.3 Å². The van der Waals surface area contributed by atoms with E-state index in [1.54, 1.807) is 0 Å². The first-order chi connectivity index (χ1) is 13.7. The molecule has 0 aromatic rings. The topological polar surface area (TPSA) is 0 Å². The van der Waals surface area contributed by atoms with Crippen molar-refractivity contribution < 1.29 is 0 Å². The van der Waals surface area contributed by atoms with Gasteiger partial charge in [-0.15, -0.1) is 25.3 Å². The molecule has 8 atom stereocenters. The van der Waals surface area contributed by atoms with Gasteiger partial charge in [-0.3, -0.25) is 0 Å². The fourth-order valence-electron chi connectivity index (χ4n) is 8.98. The van der Waals surface area contributed by atoms with E-state index in [1.807, 2.05) is 0 Å². The van der Waals surface area contributed by atoms with E-state index in [2.05, 4.69) is 34.6 Å². The molecule has 0 bridgehead atoms. The highest BCUT2D eigenvalue weighted by atomic mass is 32.1. The second kappa shape index (κ2) is 8.42. The Bertz CT molecular complexity index is 636. The summed E-state index contributed by atoms with van der Waals surface area (Å²) in [5.74, 6) is 6.50. The Morgan fingerprint density at radius 1 is 0.862 bits per heavy atom. The highest BCUT2D eigenvalue weighted by molar-refractivity contribution is 7.88. The van der Waals surface area contributed by atoms with Crippen LogP contribution in [-0.4, -0.2) is 0 Å². The van der Waals surface area contributed by atoms with Crippen LogP contribution in [0.1, 0.15) is 105 Å². The van der Waals surface area contributed by atoms with E-state index in [4.69, 9.17) is 25.3 Å². The summed E-state index contributed by atoms with van der Waals surface area (Å²) in [7, 11) is 0. The van der Waals surface area contributed by atoms with E-state index in [-0.39, 0.29) is 0 Å². The van der Waals surface area contributed by atoms with Crippen LogP contribution in [0.25, 0.3) is 0 Å². The van der Waals surface area contributed by atoms with Crippen molar-refractivity contribution in [1.29, 1.82) is 0 Å². The van der Waals surface area contributed by atoms with E-state index in [9.17, 15) is 0 Å². The van der Waals surface area contributed by atoms with Crippen molar-refractivity contribution in [3.63, 3.8) is 0 Å². The number of rotatable bonds is 5. The minimum Gasteiger partial charge on any atom is -0.147 e. The zero-order valence-corrected chi connectivity index (χ0v) is 21.5. The van der Waals surface area contributed by atoms with E-state index in [0.717, 1.165) is 41.4 Å². The van der Waals surface area contributed by atoms with Crippen LogP contribution in [0.4, 0.5) is 0 Å². The molecule has 29 heavy (non-hydrogen) atoms. The van der Waals surface area contributed by atoms with Gasteiger partial charge in [0.2, 0.25) is 0 Å². The van der Waals surface area contributed by atoms with Gasteiger partial charge in [0, 0.05) is 0 Å². The third-order valence-electron chi connectivity index (χ3n) is 10.6. The molecule has 0 spiro atoms. The van der Waals surface area contributed by atoms with Crippen molar-refractivity contribution in [3.05, 3.63) is 9.81 Å². The Labute approximate surface area is 192 Å². The Morgan fingerprint density at radius 3 is 2.31 bits per heavy atom. The predicted molar refractivity (Wildman–Crippen MR) is 133 cm³/mol. The van der Waals surface area contributed by atoms with E-state index >= 15 is 0 Å². The summed E-state index contributed by atoms with van der Waals surface area (Å²) < 4.78 is 0. The monoisotopic (exact) mass is 434 g/mol. The van der Waals surface area contributed by atoms with Crippen molar-refractivity contribution in [2.75, 3.05) is 0 Å². The summed E-state index contributed by atoms with van der Waals surface area (Å²) in [5.41, 5.74) is 1.10. The fraction of sp³-hybridized carbons (Fsp3) is 0.926. The number of thiol groups is 2. The highest BCUT2D eigenvalue weighted by Crippen LogP contribution is 2.69. The van der Waals surface area contributed by atoms with Crippen LogP contribution in [0.5, 0.6) is 0 Å². The molecule has 3 saturated carbocycles. The molecule has 4 aliphatic rings. The van der Waals surface area contributed by atoms with Crippen molar-refractivity contribution in [2.24, 2.45) is 52.3 Å². The Kier molecular flexibility index (Phi) is 6.57. The van der Waals surface area contributed by atoms with Gasteiger partial charge in [-0.05, 0) is 113 Å². The molecule has 0 aromatic carbocycles. The van der Waals surface area contributed by atoms with Gasteiger partial charge >= 0.3 is 0 Å². The van der Waals surface area contributed by atoms with E-state index in [1.165, 1.54) is 80.4 Å². The van der Waals surface area contributed by atoms with Gasteiger partial charge in [-0.1, -0.05) is 53.9 Å². The first-order valence-electron chi connectivity index (χ1n) is 12.8. The van der Waals surface area contributed by atoms with Gasteiger partial charge in [-0.2, -0.15) is 0 Å². The van der Waals surface area contributed by atoms with Crippen molar-refractivity contribution in [1.82, 2.24) is 0 Å². The second-order valence-corrected chi connectivity index (χ2v) is 13.5. The number of hydrogen-bond donors (Lipinski definition) is 2. The highest BCUT2D eigenvalue weighted by Gasteiger charge is 2.60. The molecule has 4 rings (SSSR count). The van der Waals surface area contributed by atoms with Crippen LogP contribution >= 0.6 is 25.3 Å². The molecule has 0 radical (unpaired) electrons. The van der Waals surface area contributed by atoms with Gasteiger partial charge in [0.1, 0.15) is 0 Å². The lowest BCUT2D eigenvalue weighted by Crippen LogP contribution is -2.53. The molecule has 0 N–H and O–H groups in total. The molecule has 0 aromatic heterocycles. The van der Waals surface area contributed by atoms with Crippen LogP contribution in [0.3, 0.4) is 0 Å². The molecule has 0 saturated heterocycles. The SMILES string of the molecule is CC(C)CCC[C@@H](C)[C@H]1CC[C@H]2[C@@H]3CC[C@H]4CC(S)=C(S)C[C@]4(C)[C@H]3CC[C@]12C. The fourth-order valence-corrected chi connectivity index (χ4v) is 9.72. The average molecular weight is 435 g/mol. The zero-order chi connectivity index (χ0) is 21.0. The van der Waals surface area contributed by atoms with Crippen LogP contribution < -0.4 is 0 Å². The summed E-state index contributed by atoms with van der Waals surface area (Å²) in [5, 5.41) is 0. The molecule has 0 unspecified atom stereocenters. The first-order valence-corrected chi connectivity index (χ1v) is 13.7. The lowest BCUT2D eigenvalue weighted by molar-refractivity contribution is -0.101. The quantitative estimate of drug-likeness (QED) is 0.397. The van der Waals surface area contributed by atoms with Crippen molar-refractivity contribution in [2.45, 2.75) is 105 Å². The Balaban J connectivity index is 1.49. The number of fused-ring (bicyclic) bond motifs is 5. The molecular formula is C27H46S2. The standard InChI is InChI=1S/C27H46S2/c1-17(2)7-6-8-18(3)21-11-12-22-20-10-9-19-15-24(28)25(29)16-27(19,5)23(20)13-14-26(21,22)4/h17-23,28-29H,6-16H2,1-5H3/t18-,19+,20+,21-,22+,23+,26-,27+/m1/s1. The van der Waals surface area contributed by atoms with Gasteiger partial charge < -0.3 is 0 Å². The maximum Gasteiger partial charge on any atom is -0.00859 e. The van der Waals surface area contributed by atoms with Crippen LogP contribution in [-0.2, 0) is 0 Å². The summed E-state index contributed by atoms with van der Waals surface area (Å²) in [4.78, 5) is 2.58. The normalized spacial score (nSPS) is 45.7. The van der Waals surface area contributed by atoms with Gasteiger partial charge in [0.05, 0.1) is 0 Å². The van der Waals surface area contributed by atoms with Crippen LogP contribution in [0, 0.1) is 52.3 Å². The summed E-state index contributed by atoms with van der Waals surface area (Å²) in [6, 6.07) is 0. The number of hydrogen-bond acceptors (Lipinski definition) is 2. The Hall–Kier alpha value is 0.440. The van der Waals surface area contributed by atoms with Crippen molar-refractivity contribution in [3.8, 4) is 0 Å². The maximum absolute atomic E-state index is 4.87. The molecule has 166 valence electrons. The lowest BCUT2D eigenvalue weighted by atomic mass is 9.45. The van der Waals surface area contributed by atoms with Gasteiger partial charge in [-0.25, -0.2) is 0 Å². The third-order valence-corrected chi connectivity index (χ3v) is 11.6. The van der Waals surface area contributed by atoms with E-state index in [0.29, 0.717) is 10.8 Å². The van der Waals surface area contributed by atoms with E-state index < -0.39 is 0 Å². The third kappa shape index (κ3) is 3.90. The number of allylic oxidation sites excluding steroid dienone is 2. The predicted octanol–water partition coefficient (Wildman–Crippen LogP) is 8.79. The minimum absolute atomic E-state index is 0.481. The smallest absolute Gasteiger partial charge is 0.00859 e. The molecule has 0 nitrogen and oxygen atoms in total. The average Bonchev–Trinajstić information content (AvgIpc) is 3.00. The second-order valence-electron chi connectivity index (χ2n) is 12.5. The van der Waals surface area contributed by atoms with Crippen LogP contribution in [0.2, 0.25) is 0 Å². The molecule has 3 fully saturated rings. The molecular weight excluding hydrogens is 388 g/mol. The summed E-state index contributed by atoms with van der Waals surface area (Å²) >= 11 is 9.65. The molecule has 2 heteroatoms. The molecule has 0 amide bonds. The maximum atomic E-state index is 4.87. The Morgan fingerprint density at radius 2 is 1.59 bits per heavy atom. The minimum atomic E-state index is 0.481. The first kappa shape index (κ1) is 22.6. The van der Waals surface area contributed by atoms with Gasteiger partial charge in [0.25, 0.3) is 0 Å². The zero-order valence-electron chi connectivity index (χ0n) is 19.7. The largest absolute Gasteiger partial charge is 0.147 e. The summed E-state index contributed by atoms with van der Waals surface area (Å²) in [6.07, 6.45) is 15.6. The van der Waals surface area contributed by atoms with Gasteiger partial charge in [0.15, 0.2) is 0 Å². The lowest BCUT2D eigenvalue weighted by Gasteiger charge is -2.60. The summed E-state index contributed by atoms with van der Waals surface area (Å²) in [6.45, 7) is 12.7. The molecule has 0 heterocycles. The molecule has 4 aliphatic carbocycles. The van der Waals surface area contributed by atoms with Crippen LogP contribution in [0.15, 0.2) is 9.81 Å². The molecule has 0 aliphatic heterocycles.